The molecule has 5 nitrogen and oxygen atoms in total. The predicted octanol–water partition coefficient (Wildman–Crippen LogP) is 1.61. The number of aryl methyl sites for hydroxylation is 1. The van der Waals surface area contributed by atoms with Gasteiger partial charge in [0.25, 0.3) is 0 Å². The highest BCUT2D eigenvalue weighted by molar-refractivity contribution is 6.29. The van der Waals surface area contributed by atoms with Gasteiger partial charge >= 0.3 is 0 Å². The third-order valence-electron chi connectivity index (χ3n) is 1.66. The molecule has 0 aliphatic heterocycles. The van der Waals surface area contributed by atoms with Crippen molar-refractivity contribution in [2.75, 3.05) is 5.32 Å². The van der Waals surface area contributed by atoms with E-state index in [2.05, 4.69) is 20.4 Å². The molecule has 0 bridgehead atoms. The van der Waals surface area contributed by atoms with Crippen LogP contribution in [0.15, 0.2) is 24.5 Å². The lowest BCUT2D eigenvalue weighted by molar-refractivity contribution is 0.775. The van der Waals surface area contributed by atoms with Crippen molar-refractivity contribution in [1.29, 1.82) is 0 Å². The summed E-state index contributed by atoms with van der Waals surface area (Å²) < 4.78 is 1.62. The van der Waals surface area contributed by atoms with E-state index in [0.717, 1.165) is 5.82 Å². The van der Waals surface area contributed by atoms with Gasteiger partial charge in [0.15, 0.2) is 5.15 Å². The fraction of sp³-hybridized carbons (Fsp3) is 0.125. The molecule has 6 heteroatoms. The van der Waals surface area contributed by atoms with Crippen molar-refractivity contribution < 1.29 is 0 Å². The molecule has 14 heavy (non-hydrogen) atoms. The monoisotopic (exact) mass is 209 g/mol. The van der Waals surface area contributed by atoms with Gasteiger partial charge < -0.3 is 5.32 Å². The van der Waals surface area contributed by atoms with E-state index in [1.165, 1.54) is 0 Å². The maximum atomic E-state index is 5.72. The van der Waals surface area contributed by atoms with Crippen molar-refractivity contribution in [2.45, 2.75) is 0 Å². The van der Waals surface area contributed by atoms with Crippen molar-refractivity contribution in [3.05, 3.63) is 29.7 Å². The average molecular weight is 210 g/mol. The van der Waals surface area contributed by atoms with E-state index in [0.29, 0.717) is 11.1 Å². The van der Waals surface area contributed by atoms with E-state index >= 15 is 0 Å². The zero-order chi connectivity index (χ0) is 9.97. The lowest BCUT2D eigenvalue weighted by atomic mass is 10.6. The summed E-state index contributed by atoms with van der Waals surface area (Å²) in [7, 11) is 1.79. The molecule has 2 aromatic heterocycles. The van der Waals surface area contributed by atoms with Gasteiger partial charge in [0.2, 0.25) is 5.95 Å². The Morgan fingerprint density at radius 2 is 2.07 bits per heavy atom. The molecule has 2 heterocycles. The molecule has 2 aromatic rings. The first kappa shape index (κ1) is 8.96. The Morgan fingerprint density at radius 3 is 2.64 bits per heavy atom. The number of nitrogens with one attached hydrogen (secondary N) is 1. The van der Waals surface area contributed by atoms with Crippen LogP contribution < -0.4 is 5.32 Å². The molecular formula is C8H8ClN5. The summed E-state index contributed by atoms with van der Waals surface area (Å²) in [6.07, 6.45) is 3.32. The summed E-state index contributed by atoms with van der Waals surface area (Å²) in [5.41, 5.74) is 0. The van der Waals surface area contributed by atoms with E-state index in [-0.39, 0.29) is 0 Å². The van der Waals surface area contributed by atoms with Crippen LogP contribution in [0, 0.1) is 0 Å². The second-order valence-electron chi connectivity index (χ2n) is 2.67. The number of hydrogen-bond donors (Lipinski definition) is 1. The highest BCUT2D eigenvalue weighted by Gasteiger charge is 2.03. The van der Waals surface area contributed by atoms with Crippen LogP contribution in [0.25, 0.3) is 0 Å². The molecule has 0 aromatic carbocycles. The maximum Gasteiger partial charge on any atom is 0.228 e. The number of anilines is 2. The van der Waals surface area contributed by atoms with Crippen LogP contribution in [0.4, 0.5) is 11.8 Å². The Labute approximate surface area is 85.8 Å². The summed E-state index contributed by atoms with van der Waals surface area (Å²) in [6.45, 7) is 0. The number of nitrogens with zero attached hydrogens (tertiary/aromatic N) is 4. The van der Waals surface area contributed by atoms with Crippen molar-refractivity contribution in [3.63, 3.8) is 0 Å². The van der Waals surface area contributed by atoms with Gasteiger partial charge in [-0.2, -0.15) is 5.10 Å². The van der Waals surface area contributed by atoms with Crippen LogP contribution in [0.1, 0.15) is 0 Å². The first-order valence-electron chi connectivity index (χ1n) is 3.99. The Morgan fingerprint density at radius 1 is 1.36 bits per heavy atom. The normalized spacial score (nSPS) is 10.1. The van der Waals surface area contributed by atoms with Crippen molar-refractivity contribution >= 4 is 23.4 Å². The summed E-state index contributed by atoms with van der Waals surface area (Å²) in [5.74, 6) is 1.27. The van der Waals surface area contributed by atoms with Crippen LogP contribution >= 0.6 is 11.6 Å². The van der Waals surface area contributed by atoms with Crippen molar-refractivity contribution in [1.82, 2.24) is 19.7 Å². The minimum atomic E-state index is 0.436. The summed E-state index contributed by atoms with van der Waals surface area (Å²) in [5, 5.41) is 7.39. The Bertz CT molecular complexity index is 425. The molecule has 0 aliphatic carbocycles. The lowest BCUT2D eigenvalue weighted by Crippen LogP contribution is -2.01. The fourth-order valence-electron chi connectivity index (χ4n) is 1.03. The molecule has 0 aliphatic rings. The van der Waals surface area contributed by atoms with Gasteiger partial charge in [-0.3, -0.25) is 4.68 Å². The first-order valence-corrected chi connectivity index (χ1v) is 4.37. The summed E-state index contributed by atoms with van der Waals surface area (Å²) >= 11 is 5.72. The summed E-state index contributed by atoms with van der Waals surface area (Å²) in [6, 6.07) is 3.46. The SMILES string of the molecule is Cn1nc(Cl)cc1Nc1ncccn1. The van der Waals surface area contributed by atoms with Gasteiger partial charge in [-0.05, 0) is 6.07 Å². The third kappa shape index (κ3) is 1.82. The molecule has 72 valence electrons. The van der Waals surface area contributed by atoms with E-state index in [9.17, 15) is 0 Å². The topological polar surface area (TPSA) is 55.6 Å². The van der Waals surface area contributed by atoms with Gasteiger partial charge in [-0.15, -0.1) is 0 Å². The van der Waals surface area contributed by atoms with Crippen LogP contribution in [0.3, 0.4) is 0 Å². The van der Waals surface area contributed by atoms with Crippen molar-refractivity contribution in [3.8, 4) is 0 Å². The van der Waals surface area contributed by atoms with Crippen LogP contribution in [0.5, 0.6) is 0 Å². The zero-order valence-electron chi connectivity index (χ0n) is 7.48. The number of hydrogen-bond acceptors (Lipinski definition) is 4. The molecule has 2 rings (SSSR count). The molecule has 0 radical (unpaired) electrons. The van der Waals surface area contributed by atoms with Crippen LogP contribution in [-0.2, 0) is 7.05 Å². The minimum absolute atomic E-state index is 0.436. The molecule has 0 amide bonds. The van der Waals surface area contributed by atoms with Crippen LogP contribution in [0.2, 0.25) is 5.15 Å². The van der Waals surface area contributed by atoms with Gasteiger partial charge in [0.1, 0.15) is 5.82 Å². The molecule has 1 N–H and O–H groups in total. The van der Waals surface area contributed by atoms with Crippen LogP contribution in [-0.4, -0.2) is 19.7 Å². The molecule has 0 unspecified atom stereocenters. The quantitative estimate of drug-likeness (QED) is 0.817. The van der Waals surface area contributed by atoms with Gasteiger partial charge in [0.05, 0.1) is 0 Å². The zero-order valence-corrected chi connectivity index (χ0v) is 8.23. The van der Waals surface area contributed by atoms with E-state index in [1.807, 2.05) is 0 Å². The Kier molecular flexibility index (Phi) is 2.32. The molecule has 0 spiro atoms. The third-order valence-corrected chi connectivity index (χ3v) is 1.84. The van der Waals surface area contributed by atoms with Gasteiger partial charge in [-0.1, -0.05) is 11.6 Å². The highest BCUT2D eigenvalue weighted by atomic mass is 35.5. The Hall–Kier alpha value is -1.62. The van der Waals surface area contributed by atoms with E-state index in [1.54, 1.807) is 36.3 Å². The van der Waals surface area contributed by atoms with E-state index in [4.69, 9.17) is 11.6 Å². The number of halogens is 1. The number of rotatable bonds is 2. The first-order chi connectivity index (χ1) is 6.75. The smallest absolute Gasteiger partial charge is 0.228 e. The van der Waals surface area contributed by atoms with E-state index < -0.39 is 0 Å². The second-order valence-corrected chi connectivity index (χ2v) is 3.06. The maximum absolute atomic E-state index is 5.72. The lowest BCUT2D eigenvalue weighted by Gasteiger charge is -2.02. The van der Waals surface area contributed by atoms with Crippen molar-refractivity contribution in [2.24, 2.45) is 7.05 Å². The fourth-order valence-corrected chi connectivity index (χ4v) is 1.24. The summed E-state index contributed by atoms with van der Waals surface area (Å²) in [4.78, 5) is 8.04. The standard InChI is InChI=1S/C8H8ClN5/c1-14-7(5-6(9)13-14)12-8-10-3-2-4-11-8/h2-5H,1H3,(H,10,11,12). The predicted molar refractivity (Wildman–Crippen MR) is 53.5 cm³/mol. The second kappa shape index (κ2) is 3.63. The molecule has 0 atom stereocenters. The molecule has 0 saturated heterocycles. The highest BCUT2D eigenvalue weighted by Crippen LogP contribution is 2.15. The minimum Gasteiger partial charge on any atom is -0.309 e. The Balaban J connectivity index is 2.23. The largest absolute Gasteiger partial charge is 0.309 e. The average Bonchev–Trinajstić information content (AvgIpc) is 2.47. The molecule has 0 saturated carbocycles. The van der Waals surface area contributed by atoms with Gasteiger partial charge in [0, 0.05) is 25.5 Å². The molecular weight excluding hydrogens is 202 g/mol. The number of aromatic nitrogens is 4. The molecule has 0 fully saturated rings. The van der Waals surface area contributed by atoms with Gasteiger partial charge in [-0.25, -0.2) is 9.97 Å².